The molecule has 0 saturated carbocycles. The van der Waals surface area contributed by atoms with Gasteiger partial charge in [0.15, 0.2) is 5.13 Å². The first-order valence-corrected chi connectivity index (χ1v) is 5.42. The van der Waals surface area contributed by atoms with Gasteiger partial charge in [-0.3, -0.25) is 4.79 Å². The molecular weight excluding hydrogens is 200 g/mol. The molecule has 5 heteroatoms. The summed E-state index contributed by atoms with van der Waals surface area (Å²) in [5.41, 5.74) is 6.67. The lowest BCUT2D eigenvalue weighted by molar-refractivity contribution is -0.138. The highest BCUT2D eigenvalue weighted by atomic mass is 32.1. The maximum Gasteiger partial charge on any atom is 0.303 e. The van der Waals surface area contributed by atoms with Crippen LogP contribution < -0.4 is 5.73 Å². The van der Waals surface area contributed by atoms with Crippen molar-refractivity contribution in [1.82, 2.24) is 4.98 Å². The van der Waals surface area contributed by atoms with Crippen LogP contribution in [0.15, 0.2) is 0 Å². The molecule has 1 aromatic heterocycles. The van der Waals surface area contributed by atoms with Gasteiger partial charge in [0.2, 0.25) is 0 Å². The van der Waals surface area contributed by atoms with Gasteiger partial charge >= 0.3 is 5.97 Å². The number of nitrogen functional groups attached to an aromatic ring is 1. The normalized spacial score (nSPS) is 20.4. The zero-order valence-electron chi connectivity index (χ0n) is 7.69. The zero-order valence-corrected chi connectivity index (χ0v) is 8.51. The number of rotatable bonds is 2. The van der Waals surface area contributed by atoms with Crippen LogP contribution in [0.1, 0.15) is 23.4 Å². The lowest BCUT2D eigenvalue weighted by Gasteiger charge is -2.18. The molecule has 0 radical (unpaired) electrons. The van der Waals surface area contributed by atoms with Gasteiger partial charge < -0.3 is 10.8 Å². The average Bonchev–Trinajstić information content (AvgIpc) is 2.42. The molecule has 14 heavy (non-hydrogen) atoms. The van der Waals surface area contributed by atoms with Crippen LogP contribution in [-0.2, 0) is 17.6 Å². The van der Waals surface area contributed by atoms with Gasteiger partial charge in [-0.1, -0.05) is 0 Å². The van der Waals surface area contributed by atoms with Crippen molar-refractivity contribution in [3.8, 4) is 0 Å². The summed E-state index contributed by atoms with van der Waals surface area (Å²) in [7, 11) is 0. The van der Waals surface area contributed by atoms with Crippen LogP contribution in [0.5, 0.6) is 0 Å². The van der Waals surface area contributed by atoms with Crippen molar-refractivity contribution in [2.75, 3.05) is 5.73 Å². The number of nitrogens with two attached hydrogens (primary N) is 1. The molecule has 1 aliphatic carbocycles. The van der Waals surface area contributed by atoms with Crippen LogP contribution in [0.25, 0.3) is 0 Å². The molecule has 1 atom stereocenters. The maximum atomic E-state index is 10.5. The van der Waals surface area contributed by atoms with Crippen molar-refractivity contribution in [3.05, 3.63) is 10.6 Å². The standard InChI is InChI=1S/C9H12N2O2S/c10-9-11-6-2-1-5(4-8(12)13)3-7(6)14-9/h5H,1-4H2,(H2,10,11)(H,12,13). The highest BCUT2D eigenvalue weighted by Crippen LogP contribution is 2.32. The molecule has 4 nitrogen and oxygen atoms in total. The second-order valence-corrected chi connectivity index (χ2v) is 4.74. The van der Waals surface area contributed by atoms with E-state index >= 15 is 0 Å². The molecule has 0 aromatic carbocycles. The Kier molecular flexibility index (Phi) is 2.41. The Morgan fingerprint density at radius 1 is 1.71 bits per heavy atom. The summed E-state index contributed by atoms with van der Waals surface area (Å²) >= 11 is 1.49. The Balaban J connectivity index is 2.09. The zero-order chi connectivity index (χ0) is 10.1. The third-order valence-corrected chi connectivity index (χ3v) is 3.47. The second kappa shape index (κ2) is 3.57. The molecule has 0 bridgehead atoms. The van der Waals surface area contributed by atoms with Crippen LogP contribution in [0.4, 0.5) is 5.13 Å². The van der Waals surface area contributed by atoms with Crippen molar-refractivity contribution in [2.45, 2.75) is 25.7 Å². The lowest BCUT2D eigenvalue weighted by Crippen LogP contribution is -2.16. The van der Waals surface area contributed by atoms with E-state index in [0.717, 1.165) is 25.0 Å². The quantitative estimate of drug-likeness (QED) is 0.774. The molecule has 76 valence electrons. The first kappa shape index (κ1) is 9.45. The van der Waals surface area contributed by atoms with E-state index in [9.17, 15) is 4.79 Å². The van der Waals surface area contributed by atoms with E-state index in [4.69, 9.17) is 10.8 Å². The molecule has 0 spiro atoms. The number of hydrogen-bond donors (Lipinski definition) is 2. The van der Waals surface area contributed by atoms with Crippen LogP contribution in [-0.4, -0.2) is 16.1 Å². The van der Waals surface area contributed by atoms with E-state index in [1.807, 2.05) is 0 Å². The summed E-state index contributed by atoms with van der Waals surface area (Å²) < 4.78 is 0. The molecule has 3 N–H and O–H groups in total. The highest BCUT2D eigenvalue weighted by Gasteiger charge is 2.23. The Bertz CT molecular complexity index is 362. The number of aryl methyl sites for hydroxylation is 1. The van der Waals surface area contributed by atoms with Crippen LogP contribution in [0.2, 0.25) is 0 Å². The summed E-state index contributed by atoms with van der Waals surface area (Å²) in [5.74, 6) is -0.448. The summed E-state index contributed by atoms with van der Waals surface area (Å²) in [6.07, 6.45) is 2.89. The molecule has 1 aliphatic rings. The molecule has 1 unspecified atom stereocenters. The van der Waals surface area contributed by atoms with E-state index < -0.39 is 5.97 Å². The Morgan fingerprint density at radius 3 is 3.21 bits per heavy atom. The topological polar surface area (TPSA) is 76.2 Å². The third kappa shape index (κ3) is 1.87. The fraction of sp³-hybridized carbons (Fsp3) is 0.556. The molecule has 1 heterocycles. The SMILES string of the molecule is Nc1nc2c(s1)CC(CC(=O)O)CC2. The number of fused-ring (bicyclic) bond motifs is 1. The number of carbonyl (C=O) groups is 1. The number of aromatic nitrogens is 1. The first-order chi connectivity index (χ1) is 6.65. The van der Waals surface area contributed by atoms with Gasteiger partial charge in [0.1, 0.15) is 0 Å². The van der Waals surface area contributed by atoms with Crippen molar-refractivity contribution >= 4 is 22.4 Å². The summed E-state index contributed by atoms with van der Waals surface area (Å²) in [6, 6.07) is 0. The molecule has 1 aromatic rings. The van der Waals surface area contributed by atoms with Crippen molar-refractivity contribution in [3.63, 3.8) is 0 Å². The molecule has 2 rings (SSSR count). The van der Waals surface area contributed by atoms with E-state index in [2.05, 4.69) is 4.98 Å². The van der Waals surface area contributed by atoms with E-state index in [-0.39, 0.29) is 12.3 Å². The minimum Gasteiger partial charge on any atom is -0.481 e. The van der Waals surface area contributed by atoms with Crippen LogP contribution in [0, 0.1) is 5.92 Å². The number of nitrogens with zero attached hydrogens (tertiary/aromatic N) is 1. The van der Waals surface area contributed by atoms with Crippen molar-refractivity contribution in [1.29, 1.82) is 0 Å². The maximum absolute atomic E-state index is 10.5. The molecular formula is C9H12N2O2S. The first-order valence-electron chi connectivity index (χ1n) is 4.61. The van der Waals surface area contributed by atoms with E-state index in [1.54, 1.807) is 0 Å². The van der Waals surface area contributed by atoms with E-state index in [0.29, 0.717) is 5.13 Å². The summed E-state index contributed by atoms with van der Waals surface area (Å²) in [5, 5.41) is 9.28. The van der Waals surface area contributed by atoms with Gasteiger partial charge in [-0.15, -0.1) is 11.3 Å². The number of thiazole rings is 1. The number of carboxylic acid groups (broad SMARTS) is 1. The van der Waals surface area contributed by atoms with Gasteiger partial charge in [-0.05, 0) is 25.2 Å². The van der Waals surface area contributed by atoms with Crippen molar-refractivity contribution in [2.24, 2.45) is 5.92 Å². The highest BCUT2D eigenvalue weighted by molar-refractivity contribution is 7.15. The molecule has 0 saturated heterocycles. The predicted molar refractivity (Wildman–Crippen MR) is 54.3 cm³/mol. The number of hydrogen-bond acceptors (Lipinski definition) is 4. The largest absolute Gasteiger partial charge is 0.481 e. The van der Waals surface area contributed by atoms with Gasteiger partial charge in [-0.2, -0.15) is 0 Å². The summed E-state index contributed by atoms with van der Waals surface area (Å²) in [6.45, 7) is 0. The smallest absolute Gasteiger partial charge is 0.303 e. The van der Waals surface area contributed by atoms with Crippen molar-refractivity contribution < 1.29 is 9.90 Å². The second-order valence-electron chi connectivity index (χ2n) is 3.63. The Hall–Kier alpha value is -1.10. The predicted octanol–water partition coefficient (Wildman–Crippen LogP) is 1.30. The monoisotopic (exact) mass is 212 g/mol. The number of anilines is 1. The van der Waals surface area contributed by atoms with E-state index in [1.165, 1.54) is 16.2 Å². The number of carboxylic acids is 1. The lowest BCUT2D eigenvalue weighted by atomic mass is 9.89. The van der Waals surface area contributed by atoms with Crippen LogP contribution >= 0.6 is 11.3 Å². The third-order valence-electron chi connectivity index (χ3n) is 2.52. The fourth-order valence-corrected chi connectivity index (χ4v) is 2.88. The molecule has 0 amide bonds. The van der Waals surface area contributed by atoms with Gasteiger partial charge in [0.25, 0.3) is 0 Å². The van der Waals surface area contributed by atoms with Crippen LogP contribution in [0.3, 0.4) is 0 Å². The minimum absolute atomic E-state index is 0.261. The minimum atomic E-state index is -0.712. The summed E-state index contributed by atoms with van der Waals surface area (Å²) in [4.78, 5) is 15.9. The number of aliphatic carboxylic acids is 1. The van der Waals surface area contributed by atoms with Gasteiger partial charge in [-0.25, -0.2) is 4.98 Å². The molecule has 0 fully saturated rings. The van der Waals surface area contributed by atoms with Gasteiger partial charge in [0, 0.05) is 11.3 Å². The van der Waals surface area contributed by atoms with Gasteiger partial charge in [0.05, 0.1) is 5.69 Å². The fourth-order valence-electron chi connectivity index (χ4n) is 1.88. The Labute approximate surface area is 85.8 Å². The molecule has 0 aliphatic heterocycles. The average molecular weight is 212 g/mol. The Morgan fingerprint density at radius 2 is 2.50 bits per heavy atom.